The third kappa shape index (κ3) is 3.13. The van der Waals surface area contributed by atoms with E-state index in [-0.39, 0.29) is 5.88 Å². The van der Waals surface area contributed by atoms with E-state index in [0.29, 0.717) is 0 Å². The summed E-state index contributed by atoms with van der Waals surface area (Å²) in [6.07, 6.45) is 4.76. The number of hydrogen-bond donors (Lipinski definition) is 1. The lowest BCUT2D eigenvalue weighted by Crippen LogP contribution is -2.13. The van der Waals surface area contributed by atoms with Gasteiger partial charge < -0.3 is 5.11 Å². The predicted molar refractivity (Wildman–Crippen MR) is 108 cm³/mol. The van der Waals surface area contributed by atoms with E-state index in [2.05, 4.69) is 11.9 Å². The van der Waals surface area contributed by atoms with Crippen molar-refractivity contribution in [1.82, 2.24) is 4.57 Å². The Hall–Kier alpha value is -2.92. The van der Waals surface area contributed by atoms with Crippen LogP contribution in [0.25, 0.3) is 11.6 Å². The molecule has 26 heavy (non-hydrogen) atoms. The Morgan fingerprint density at radius 1 is 1.12 bits per heavy atom. The van der Waals surface area contributed by atoms with Gasteiger partial charge in [0.1, 0.15) is 0 Å². The predicted octanol–water partition coefficient (Wildman–Crippen LogP) is 5.15. The van der Waals surface area contributed by atoms with E-state index < -0.39 is 0 Å². The van der Waals surface area contributed by atoms with Gasteiger partial charge in [0.05, 0.1) is 16.3 Å². The average molecular weight is 361 g/mol. The molecule has 0 radical (unpaired) electrons. The van der Waals surface area contributed by atoms with Crippen LogP contribution in [0.4, 0.5) is 11.4 Å². The molecule has 0 amide bonds. The lowest BCUT2D eigenvalue weighted by Gasteiger charge is -2.02. The van der Waals surface area contributed by atoms with Gasteiger partial charge in [-0.3, -0.25) is 9.56 Å². The van der Waals surface area contributed by atoms with Gasteiger partial charge in [-0.15, -0.1) is 0 Å². The van der Waals surface area contributed by atoms with Gasteiger partial charge in [0, 0.05) is 23.9 Å². The summed E-state index contributed by atoms with van der Waals surface area (Å²) in [7, 11) is 0. The molecule has 0 fully saturated rings. The molecule has 1 N–H and O–H groups in total. The maximum absolute atomic E-state index is 10.8. The van der Waals surface area contributed by atoms with Crippen LogP contribution in [0.15, 0.2) is 64.6 Å². The number of fused-ring (bicyclic) bond motifs is 1. The standard InChI is InChI=1S/C21H19N3OS/c1-2-12-24-20(25)19(26-21(24)23-16-8-4-3-5-9-16)13-15-14-22-18-11-7-6-10-17(15)18/h3-11,13-14,25H,2,12H2,1H3/b15-13-,23-21?. The maximum atomic E-state index is 10.8. The second-order valence-corrected chi connectivity index (χ2v) is 7.06. The molecule has 1 aliphatic rings. The third-order valence-corrected chi connectivity index (χ3v) is 5.20. The van der Waals surface area contributed by atoms with Gasteiger partial charge in [0.25, 0.3) is 0 Å². The van der Waals surface area contributed by atoms with Crippen LogP contribution in [0.1, 0.15) is 23.8 Å². The van der Waals surface area contributed by atoms with E-state index in [1.165, 1.54) is 11.3 Å². The molecule has 2 aromatic carbocycles. The highest BCUT2D eigenvalue weighted by Gasteiger charge is 2.15. The number of aliphatic imine (C=N–C) groups is 1. The molecule has 0 saturated heterocycles. The Morgan fingerprint density at radius 3 is 2.69 bits per heavy atom. The normalized spacial score (nSPS) is 15.0. The smallest absolute Gasteiger partial charge is 0.211 e. The second-order valence-electron chi connectivity index (χ2n) is 6.05. The minimum absolute atomic E-state index is 0.261. The van der Waals surface area contributed by atoms with Crippen LogP contribution in [0, 0.1) is 0 Å². The fraction of sp³-hybridized carbons (Fsp3) is 0.143. The molecule has 0 unspecified atom stereocenters. The van der Waals surface area contributed by atoms with E-state index in [9.17, 15) is 5.11 Å². The van der Waals surface area contributed by atoms with E-state index >= 15 is 0 Å². The van der Waals surface area contributed by atoms with Gasteiger partial charge in [-0.2, -0.15) is 0 Å². The number of aromatic hydroxyl groups is 1. The summed E-state index contributed by atoms with van der Waals surface area (Å²) in [6.45, 7) is 2.82. The Labute approximate surface area is 156 Å². The lowest BCUT2D eigenvalue weighted by atomic mass is 10.1. The zero-order valence-electron chi connectivity index (χ0n) is 14.5. The van der Waals surface area contributed by atoms with Crippen molar-refractivity contribution < 1.29 is 5.11 Å². The molecule has 1 aromatic heterocycles. The Bertz CT molecular complexity index is 1060. The molecule has 0 spiro atoms. The summed E-state index contributed by atoms with van der Waals surface area (Å²) in [6, 6.07) is 17.9. The van der Waals surface area contributed by atoms with Gasteiger partial charge in [-0.05, 0) is 30.7 Å². The summed E-state index contributed by atoms with van der Waals surface area (Å²) >= 11 is 1.49. The van der Waals surface area contributed by atoms with Crippen LogP contribution in [0.3, 0.4) is 0 Å². The van der Waals surface area contributed by atoms with Gasteiger partial charge in [0.15, 0.2) is 4.80 Å². The van der Waals surface area contributed by atoms with Crippen LogP contribution in [-0.4, -0.2) is 15.9 Å². The van der Waals surface area contributed by atoms with Crippen molar-refractivity contribution in [3.05, 3.63) is 69.8 Å². The van der Waals surface area contributed by atoms with E-state index in [1.807, 2.05) is 71.5 Å². The number of aromatic nitrogens is 1. The molecule has 3 aromatic rings. The van der Waals surface area contributed by atoms with E-state index in [0.717, 1.165) is 45.2 Å². The molecule has 4 nitrogen and oxygen atoms in total. The van der Waals surface area contributed by atoms with Crippen molar-refractivity contribution in [3.63, 3.8) is 0 Å². The highest BCUT2D eigenvalue weighted by atomic mass is 32.1. The number of rotatable bonds is 4. The Kier molecular flexibility index (Phi) is 4.54. The molecule has 130 valence electrons. The van der Waals surface area contributed by atoms with Crippen LogP contribution in [0.5, 0.6) is 5.88 Å². The first-order valence-electron chi connectivity index (χ1n) is 8.64. The zero-order chi connectivity index (χ0) is 17.9. The van der Waals surface area contributed by atoms with E-state index in [1.54, 1.807) is 0 Å². The van der Waals surface area contributed by atoms with Gasteiger partial charge >= 0.3 is 0 Å². The fourth-order valence-electron chi connectivity index (χ4n) is 2.93. The van der Waals surface area contributed by atoms with Gasteiger partial charge in [0.2, 0.25) is 5.88 Å². The first-order valence-corrected chi connectivity index (χ1v) is 9.45. The van der Waals surface area contributed by atoms with Crippen LogP contribution < -0.4 is 4.80 Å². The summed E-state index contributed by atoms with van der Waals surface area (Å²) in [5, 5.41) is 10.8. The van der Waals surface area contributed by atoms with Crippen molar-refractivity contribution in [2.45, 2.75) is 19.9 Å². The zero-order valence-corrected chi connectivity index (χ0v) is 15.3. The van der Waals surface area contributed by atoms with Crippen molar-refractivity contribution in [2.75, 3.05) is 0 Å². The summed E-state index contributed by atoms with van der Waals surface area (Å²) in [5.41, 5.74) is 3.94. The molecule has 2 heterocycles. The minimum atomic E-state index is 0.261. The summed E-state index contributed by atoms with van der Waals surface area (Å²) in [4.78, 5) is 10.8. The molecule has 0 bridgehead atoms. The molecule has 0 atom stereocenters. The van der Waals surface area contributed by atoms with E-state index in [4.69, 9.17) is 4.99 Å². The van der Waals surface area contributed by atoms with Gasteiger partial charge in [-0.25, -0.2) is 4.99 Å². The number of hydrogen-bond acceptors (Lipinski definition) is 4. The number of nitrogens with zero attached hydrogens (tertiary/aromatic N) is 3. The average Bonchev–Trinajstić information content (AvgIpc) is 3.20. The minimum Gasteiger partial charge on any atom is -0.493 e. The molecular weight excluding hydrogens is 342 g/mol. The summed E-state index contributed by atoms with van der Waals surface area (Å²) in [5.74, 6) is 0.261. The van der Waals surface area contributed by atoms with Crippen molar-refractivity contribution in [3.8, 4) is 5.88 Å². The maximum Gasteiger partial charge on any atom is 0.211 e. The number of thiazole rings is 1. The first kappa shape index (κ1) is 16.5. The van der Waals surface area contributed by atoms with Crippen LogP contribution >= 0.6 is 11.3 Å². The van der Waals surface area contributed by atoms with Crippen LogP contribution in [-0.2, 0) is 6.54 Å². The summed E-state index contributed by atoms with van der Waals surface area (Å²) < 4.78 is 1.88. The quantitative estimate of drug-likeness (QED) is 0.686. The lowest BCUT2D eigenvalue weighted by molar-refractivity contribution is 0.409. The highest BCUT2D eigenvalue weighted by molar-refractivity contribution is 7.10. The third-order valence-electron chi connectivity index (χ3n) is 4.18. The SMILES string of the molecule is CCCn1c(O)c(/C=C2/C=Nc3ccccc32)sc1=Nc1ccccc1. The number of para-hydroxylation sites is 2. The van der Waals surface area contributed by atoms with Crippen LogP contribution in [0.2, 0.25) is 0 Å². The van der Waals surface area contributed by atoms with Crippen molar-refractivity contribution in [2.24, 2.45) is 9.98 Å². The Morgan fingerprint density at radius 2 is 1.88 bits per heavy atom. The molecule has 1 aliphatic heterocycles. The van der Waals surface area contributed by atoms with Crippen molar-refractivity contribution in [1.29, 1.82) is 0 Å². The first-order chi connectivity index (χ1) is 12.8. The number of allylic oxidation sites excluding steroid dienone is 1. The molecule has 4 rings (SSSR count). The monoisotopic (exact) mass is 361 g/mol. The van der Waals surface area contributed by atoms with Crippen molar-refractivity contribution >= 4 is 40.6 Å². The largest absolute Gasteiger partial charge is 0.493 e. The molecular formula is C21H19N3OS. The second kappa shape index (κ2) is 7.14. The molecule has 0 saturated carbocycles. The van der Waals surface area contributed by atoms with Gasteiger partial charge in [-0.1, -0.05) is 54.7 Å². The molecule has 5 heteroatoms. The topological polar surface area (TPSA) is 49.9 Å². The fourth-order valence-corrected chi connectivity index (χ4v) is 3.96. The molecule has 0 aliphatic carbocycles. The Balaban J connectivity index is 1.82. The highest BCUT2D eigenvalue weighted by Crippen LogP contribution is 2.34. The number of benzene rings is 2.